The largest absolute Gasteiger partial charge is 0.330 e. The maximum atomic E-state index is 13.7. The Morgan fingerprint density at radius 2 is 2.22 bits per heavy atom. The number of nitrogens with zero attached hydrogens (tertiary/aromatic N) is 1. The summed E-state index contributed by atoms with van der Waals surface area (Å²) in [6.45, 7) is 1.31. The lowest BCUT2D eigenvalue weighted by Gasteiger charge is -2.29. The number of hydrogen-bond donors (Lipinski definition) is 1. The van der Waals surface area contributed by atoms with Crippen molar-refractivity contribution in [2.24, 2.45) is 11.7 Å². The van der Waals surface area contributed by atoms with Crippen molar-refractivity contribution in [3.8, 4) is 0 Å². The zero-order chi connectivity index (χ0) is 13.1. The average molecular weight is 271 g/mol. The van der Waals surface area contributed by atoms with Gasteiger partial charge in [-0.15, -0.1) is 0 Å². The Labute approximate surface area is 113 Å². The number of halogens is 2. The molecule has 1 fully saturated rings. The molecule has 0 aliphatic heterocycles. The van der Waals surface area contributed by atoms with Gasteiger partial charge in [-0.3, -0.25) is 4.90 Å². The van der Waals surface area contributed by atoms with Crippen LogP contribution in [0.4, 0.5) is 4.39 Å². The summed E-state index contributed by atoms with van der Waals surface area (Å²) in [6.07, 6.45) is 3.55. The first kappa shape index (κ1) is 13.8. The molecule has 0 aromatic heterocycles. The van der Waals surface area contributed by atoms with E-state index in [-0.39, 0.29) is 5.82 Å². The predicted molar refractivity (Wildman–Crippen MR) is 73.1 cm³/mol. The molecule has 0 bridgehead atoms. The molecule has 100 valence electrons. The van der Waals surface area contributed by atoms with Gasteiger partial charge in [-0.1, -0.05) is 18.0 Å². The smallest absolute Gasteiger partial charge is 0.127 e. The van der Waals surface area contributed by atoms with E-state index in [0.29, 0.717) is 35.6 Å². The summed E-state index contributed by atoms with van der Waals surface area (Å²) in [5.74, 6) is 0.353. The molecule has 1 aliphatic rings. The lowest BCUT2D eigenvalue weighted by Crippen LogP contribution is -2.37. The maximum Gasteiger partial charge on any atom is 0.127 e. The minimum Gasteiger partial charge on any atom is -0.330 e. The Balaban J connectivity index is 2.06. The molecule has 0 spiro atoms. The van der Waals surface area contributed by atoms with Gasteiger partial charge in [-0.05, 0) is 50.6 Å². The van der Waals surface area contributed by atoms with E-state index >= 15 is 0 Å². The maximum absolute atomic E-state index is 13.7. The average Bonchev–Trinajstić information content (AvgIpc) is 2.82. The Morgan fingerprint density at radius 3 is 2.94 bits per heavy atom. The molecule has 0 heterocycles. The SMILES string of the molecule is CN(Cc1cc(Cl)ccc1F)C1CCCC1CN. The van der Waals surface area contributed by atoms with Gasteiger partial charge >= 0.3 is 0 Å². The van der Waals surface area contributed by atoms with Crippen molar-refractivity contribution in [2.45, 2.75) is 31.8 Å². The van der Waals surface area contributed by atoms with E-state index in [2.05, 4.69) is 4.90 Å². The molecule has 2 rings (SSSR count). The minimum absolute atomic E-state index is 0.187. The molecule has 2 nitrogen and oxygen atoms in total. The normalized spacial score (nSPS) is 23.8. The number of benzene rings is 1. The van der Waals surface area contributed by atoms with Crippen LogP contribution in [-0.2, 0) is 6.54 Å². The van der Waals surface area contributed by atoms with Gasteiger partial charge in [0.25, 0.3) is 0 Å². The van der Waals surface area contributed by atoms with Gasteiger partial charge in [-0.25, -0.2) is 4.39 Å². The van der Waals surface area contributed by atoms with Crippen LogP contribution in [0.25, 0.3) is 0 Å². The molecule has 2 unspecified atom stereocenters. The molecule has 1 saturated carbocycles. The second-order valence-corrected chi connectivity index (χ2v) is 5.58. The lowest BCUT2D eigenvalue weighted by molar-refractivity contribution is 0.191. The van der Waals surface area contributed by atoms with Crippen LogP contribution in [0.1, 0.15) is 24.8 Å². The summed E-state index contributed by atoms with van der Waals surface area (Å²) in [6, 6.07) is 5.19. The fourth-order valence-electron chi connectivity index (χ4n) is 2.92. The van der Waals surface area contributed by atoms with E-state index in [1.165, 1.54) is 18.9 Å². The zero-order valence-electron chi connectivity index (χ0n) is 10.7. The Hall–Kier alpha value is -0.640. The fraction of sp³-hybridized carbons (Fsp3) is 0.571. The molecule has 1 aliphatic carbocycles. The topological polar surface area (TPSA) is 29.3 Å². The molecule has 2 atom stereocenters. The van der Waals surface area contributed by atoms with Crippen molar-refractivity contribution in [1.29, 1.82) is 0 Å². The van der Waals surface area contributed by atoms with Gasteiger partial charge in [0.05, 0.1) is 0 Å². The van der Waals surface area contributed by atoms with E-state index < -0.39 is 0 Å². The van der Waals surface area contributed by atoms with Crippen LogP contribution in [0.5, 0.6) is 0 Å². The first-order chi connectivity index (χ1) is 8.61. The van der Waals surface area contributed by atoms with Gasteiger partial charge in [-0.2, -0.15) is 0 Å². The van der Waals surface area contributed by atoms with Crippen LogP contribution in [0, 0.1) is 11.7 Å². The fourth-order valence-corrected chi connectivity index (χ4v) is 3.12. The van der Waals surface area contributed by atoms with Crippen molar-refractivity contribution < 1.29 is 4.39 Å². The van der Waals surface area contributed by atoms with Gasteiger partial charge in [0.15, 0.2) is 0 Å². The quantitative estimate of drug-likeness (QED) is 0.911. The summed E-state index contributed by atoms with van der Waals surface area (Å²) >= 11 is 5.91. The molecule has 4 heteroatoms. The number of rotatable bonds is 4. The first-order valence-corrected chi connectivity index (χ1v) is 6.84. The minimum atomic E-state index is -0.187. The van der Waals surface area contributed by atoms with Crippen LogP contribution in [-0.4, -0.2) is 24.5 Å². The number of nitrogens with two attached hydrogens (primary N) is 1. The summed E-state index contributed by atoms with van der Waals surface area (Å²) in [5.41, 5.74) is 6.45. The van der Waals surface area contributed by atoms with Crippen LogP contribution in [0.3, 0.4) is 0 Å². The van der Waals surface area contributed by atoms with Crippen molar-refractivity contribution >= 4 is 11.6 Å². The van der Waals surface area contributed by atoms with E-state index in [9.17, 15) is 4.39 Å². The molecule has 0 amide bonds. The monoisotopic (exact) mass is 270 g/mol. The van der Waals surface area contributed by atoms with Crippen LogP contribution in [0.15, 0.2) is 18.2 Å². The third-order valence-corrected chi connectivity index (χ3v) is 4.15. The van der Waals surface area contributed by atoms with Gasteiger partial charge in [0.2, 0.25) is 0 Å². The molecule has 1 aromatic rings. The molecule has 2 N–H and O–H groups in total. The summed E-state index contributed by atoms with van der Waals surface area (Å²) in [7, 11) is 2.04. The van der Waals surface area contributed by atoms with Crippen molar-refractivity contribution in [1.82, 2.24) is 4.90 Å². The molecular formula is C14H20ClFN2. The molecular weight excluding hydrogens is 251 g/mol. The van der Waals surface area contributed by atoms with Gasteiger partial charge in [0.1, 0.15) is 5.82 Å². The highest BCUT2D eigenvalue weighted by atomic mass is 35.5. The third kappa shape index (κ3) is 3.02. The van der Waals surface area contributed by atoms with Crippen molar-refractivity contribution in [3.05, 3.63) is 34.6 Å². The highest BCUT2D eigenvalue weighted by molar-refractivity contribution is 6.30. The standard InChI is InChI=1S/C14H20ClFN2/c1-18(14-4-2-3-10(14)8-17)9-11-7-12(15)5-6-13(11)16/h5-7,10,14H,2-4,8-9,17H2,1H3. The summed E-state index contributed by atoms with van der Waals surface area (Å²) < 4.78 is 13.7. The lowest BCUT2D eigenvalue weighted by atomic mass is 10.0. The Bertz CT molecular complexity index is 411. The first-order valence-electron chi connectivity index (χ1n) is 6.46. The van der Waals surface area contributed by atoms with E-state index in [1.54, 1.807) is 12.1 Å². The van der Waals surface area contributed by atoms with Crippen LogP contribution >= 0.6 is 11.6 Å². The van der Waals surface area contributed by atoms with E-state index in [4.69, 9.17) is 17.3 Å². The Kier molecular flexibility index (Phi) is 4.60. The zero-order valence-corrected chi connectivity index (χ0v) is 11.5. The summed E-state index contributed by atoms with van der Waals surface area (Å²) in [4.78, 5) is 2.21. The molecule has 18 heavy (non-hydrogen) atoms. The second-order valence-electron chi connectivity index (χ2n) is 5.14. The van der Waals surface area contributed by atoms with Crippen LogP contribution < -0.4 is 5.73 Å². The molecule has 1 aromatic carbocycles. The summed E-state index contributed by atoms with van der Waals surface area (Å²) in [5, 5.41) is 0.585. The van der Waals surface area contributed by atoms with Gasteiger partial charge < -0.3 is 5.73 Å². The van der Waals surface area contributed by atoms with Crippen molar-refractivity contribution in [2.75, 3.05) is 13.6 Å². The van der Waals surface area contributed by atoms with E-state index in [1.807, 2.05) is 7.05 Å². The van der Waals surface area contributed by atoms with Gasteiger partial charge in [0, 0.05) is 23.2 Å². The van der Waals surface area contributed by atoms with Crippen molar-refractivity contribution in [3.63, 3.8) is 0 Å². The molecule has 0 saturated heterocycles. The molecule has 0 radical (unpaired) electrons. The highest BCUT2D eigenvalue weighted by Gasteiger charge is 2.29. The highest BCUT2D eigenvalue weighted by Crippen LogP contribution is 2.29. The Morgan fingerprint density at radius 1 is 1.44 bits per heavy atom. The number of hydrogen-bond acceptors (Lipinski definition) is 2. The third-order valence-electron chi connectivity index (χ3n) is 3.92. The van der Waals surface area contributed by atoms with Crippen LogP contribution in [0.2, 0.25) is 5.02 Å². The van der Waals surface area contributed by atoms with E-state index in [0.717, 1.165) is 6.42 Å². The second kappa shape index (κ2) is 6.00. The predicted octanol–water partition coefficient (Wildman–Crippen LogP) is 3.04.